The molecular weight excluding hydrogens is 302 g/mol. The molecule has 1 N–H and O–H groups in total. The highest BCUT2D eigenvalue weighted by atomic mass is 35.5. The van der Waals surface area contributed by atoms with Gasteiger partial charge in [0.15, 0.2) is 0 Å². The summed E-state index contributed by atoms with van der Waals surface area (Å²) in [5.74, 6) is 0.0365. The number of pyridine rings is 1. The second-order valence-electron chi connectivity index (χ2n) is 5.13. The van der Waals surface area contributed by atoms with Gasteiger partial charge in [0, 0.05) is 32.0 Å². The number of ether oxygens (including phenoxy) is 1. The molecule has 0 aromatic carbocycles. The quantitative estimate of drug-likeness (QED) is 0.641. The van der Waals surface area contributed by atoms with Crippen molar-refractivity contribution in [2.45, 2.75) is 25.5 Å². The topological polar surface area (TPSA) is 54.5 Å². The number of halogens is 1. The summed E-state index contributed by atoms with van der Waals surface area (Å²) >= 11 is 0. The number of nitrogens with zero attached hydrogens (tertiary/aromatic N) is 2. The highest BCUT2D eigenvalue weighted by molar-refractivity contribution is 5.85. The number of aromatic nitrogens is 1. The second kappa shape index (κ2) is 9.56. The van der Waals surface area contributed by atoms with Gasteiger partial charge in [-0.3, -0.25) is 9.78 Å². The Morgan fingerprint density at radius 2 is 2.50 bits per heavy atom. The van der Waals surface area contributed by atoms with Crippen LogP contribution in [0.15, 0.2) is 37.2 Å². The van der Waals surface area contributed by atoms with Gasteiger partial charge in [0.1, 0.15) is 6.10 Å². The molecule has 2 unspecified atom stereocenters. The Bertz CT molecular complexity index is 470. The van der Waals surface area contributed by atoms with E-state index in [0.29, 0.717) is 13.2 Å². The SMILES string of the molecule is C=CCCOC(C)C(=O)N1CCNCC1c1cccnc1.Cl. The van der Waals surface area contributed by atoms with Crippen LogP contribution in [0.25, 0.3) is 0 Å². The number of nitrogens with one attached hydrogen (secondary N) is 1. The zero-order valence-electron chi connectivity index (χ0n) is 12.9. The number of carbonyl (C=O) groups excluding carboxylic acids is 1. The minimum absolute atomic E-state index is 0. The Balaban J connectivity index is 0.00000242. The van der Waals surface area contributed by atoms with Gasteiger partial charge >= 0.3 is 0 Å². The zero-order chi connectivity index (χ0) is 15.1. The van der Waals surface area contributed by atoms with E-state index in [1.807, 2.05) is 30.2 Å². The van der Waals surface area contributed by atoms with Gasteiger partial charge in [0.05, 0.1) is 12.6 Å². The largest absolute Gasteiger partial charge is 0.368 e. The van der Waals surface area contributed by atoms with Crippen molar-refractivity contribution in [1.82, 2.24) is 15.2 Å². The molecule has 22 heavy (non-hydrogen) atoms. The van der Waals surface area contributed by atoms with E-state index in [1.165, 1.54) is 0 Å². The van der Waals surface area contributed by atoms with Crippen LogP contribution in [0.5, 0.6) is 0 Å². The summed E-state index contributed by atoms with van der Waals surface area (Å²) in [5.41, 5.74) is 1.05. The van der Waals surface area contributed by atoms with Gasteiger partial charge in [-0.05, 0) is 25.0 Å². The second-order valence-corrected chi connectivity index (χ2v) is 5.13. The lowest BCUT2D eigenvalue weighted by atomic mass is 10.0. The first-order chi connectivity index (χ1) is 10.2. The molecule has 2 atom stereocenters. The van der Waals surface area contributed by atoms with E-state index in [9.17, 15) is 4.79 Å². The summed E-state index contributed by atoms with van der Waals surface area (Å²) in [7, 11) is 0. The molecule has 6 heteroatoms. The fourth-order valence-electron chi connectivity index (χ4n) is 2.47. The third kappa shape index (κ3) is 4.80. The van der Waals surface area contributed by atoms with Gasteiger partial charge in [-0.1, -0.05) is 12.1 Å². The van der Waals surface area contributed by atoms with Gasteiger partial charge < -0.3 is 15.0 Å². The number of amides is 1. The summed E-state index contributed by atoms with van der Waals surface area (Å²) in [6, 6.07) is 3.93. The van der Waals surface area contributed by atoms with Crippen LogP contribution in [0.3, 0.4) is 0 Å². The Morgan fingerprint density at radius 1 is 1.68 bits per heavy atom. The van der Waals surface area contributed by atoms with Crippen molar-refractivity contribution in [3.8, 4) is 0 Å². The molecule has 1 aromatic heterocycles. The number of rotatable bonds is 6. The smallest absolute Gasteiger partial charge is 0.252 e. The molecule has 0 aliphatic carbocycles. The van der Waals surface area contributed by atoms with E-state index in [0.717, 1.165) is 25.1 Å². The Kier molecular flexibility index (Phi) is 8.09. The lowest BCUT2D eigenvalue weighted by molar-refractivity contribution is -0.146. The molecule has 0 spiro atoms. The Morgan fingerprint density at radius 3 is 3.18 bits per heavy atom. The molecule has 1 aromatic rings. The van der Waals surface area contributed by atoms with Crippen molar-refractivity contribution in [3.63, 3.8) is 0 Å². The maximum absolute atomic E-state index is 12.6. The molecule has 0 saturated carbocycles. The Labute approximate surface area is 138 Å². The van der Waals surface area contributed by atoms with Crippen LogP contribution in [-0.4, -0.2) is 48.1 Å². The van der Waals surface area contributed by atoms with Crippen molar-refractivity contribution in [1.29, 1.82) is 0 Å². The maximum Gasteiger partial charge on any atom is 0.252 e. The summed E-state index contributed by atoms with van der Waals surface area (Å²) < 4.78 is 5.58. The van der Waals surface area contributed by atoms with Crippen LogP contribution >= 0.6 is 12.4 Å². The van der Waals surface area contributed by atoms with Crippen molar-refractivity contribution in [2.75, 3.05) is 26.2 Å². The minimum atomic E-state index is -0.428. The lowest BCUT2D eigenvalue weighted by Crippen LogP contribution is -2.51. The van der Waals surface area contributed by atoms with E-state index >= 15 is 0 Å². The van der Waals surface area contributed by atoms with E-state index < -0.39 is 6.10 Å². The van der Waals surface area contributed by atoms with Gasteiger partial charge in [-0.15, -0.1) is 19.0 Å². The van der Waals surface area contributed by atoms with Crippen molar-refractivity contribution >= 4 is 18.3 Å². The molecule has 0 radical (unpaired) electrons. The summed E-state index contributed by atoms with van der Waals surface area (Å²) in [4.78, 5) is 18.6. The van der Waals surface area contributed by atoms with E-state index in [-0.39, 0.29) is 24.4 Å². The number of piperazine rings is 1. The predicted molar refractivity (Wildman–Crippen MR) is 89.0 cm³/mol. The predicted octanol–water partition coefficient (Wildman–Crippen LogP) is 1.96. The molecule has 1 saturated heterocycles. The van der Waals surface area contributed by atoms with E-state index in [1.54, 1.807) is 12.3 Å². The zero-order valence-corrected chi connectivity index (χ0v) is 13.7. The van der Waals surface area contributed by atoms with Gasteiger partial charge in [0.2, 0.25) is 0 Å². The molecule has 1 aliphatic heterocycles. The average molecular weight is 326 g/mol. The number of carbonyl (C=O) groups is 1. The van der Waals surface area contributed by atoms with Crippen molar-refractivity contribution < 1.29 is 9.53 Å². The van der Waals surface area contributed by atoms with Gasteiger partial charge in [-0.25, -0.2) is 0 Å². The number of hydrogen-bond donors (Lipinski definition) is 1. The van der Waals surface area contributed by atoms with Crippen LogP contribution in [-0.2, 0) is 9.53 Å². The maximum atomic E-state index is 12.6. The first-order valence-corrected chi connectivity index (χ1v) is 7.37. The average Bonchev–Trinajstić information content (AvgIpc) is 2.55. The monoisotopic (exact) mass is 325 g/mol. The first kappa shape index (κ1) is 18.6. The fraction of sp³-hybridized carbons (Fsp3) is 0.500. The standard InChI is InChI=1S/C16H23N3O2.ClH/c1-3-4-10-21-13(2)16(20)19-9-8-18-12-15(19)14-6-5-7-17-11-14;/h3,5-7,11,13,15,18H,1,4,8-10,12H2,2H3;1H. The van der Waals surface area contributed by atoms with Crippen LogP contribution < -0.4 is 5.32 Å². The molecule has 2 heterocycles. The van der Waals surface area contributed by atoms with Crippen molar-refractivity contribution in [2.24, 2.45) is 0 Å². The number of hydrogen-bond acceptors (Lipinski definition) is 4. The third-order valence-electron chi connectivity index (χ3n) is 3.63. The molecular formula is C16H24ClN3O2. The molecule has 1 amide bonds. The minimum Gasteiger partial charge on any atom is -0.368 e. The molecule has 0 bridgehead atoms. The van der Waals surface area contributed by atoms with Gasteiger partial charge in [-0.2, -0.15) is 0 Å². The third-order valence-corrected chi connectivity index (χ3v) is 3.63. The first-order valence-electron chi connectivity index (χ1n) is 7.37. The molecule has 5 nitrogen and oxygen atoms in total. The normalized spacial score (nSPS) is 19.1. The summed E-state index contributed by atoms with van der Waals surface area (Å²) in [6.45, 7) is 8.24. The molecule has 1 fully saturated rings. The van der Waals surface area contributed by atoms with Crippen LogP contribution in [0.2, 0.25) is 0 Å². The van der Waals surface area contributed by atoms with Gasteiger partial charge in [0.25, 0.3) is 5.91 Å². The van der Waals surface area contributed by atoms with E-state index in [2.05, 4.69) is 16.9 Å². The summed E-state index contributed by atoms with van der Waals surface area (Å²) in [5, 5.41) is 3.33. The summed E-state index contributed by atoms with van der Waals surface area (Å²) in [6.07, 6.45) is 5.68. The fourth-order valence-corrected chi connectivity index (χ4v) is 2.47. The highest BCUT2D eigenvalue weighted by Gasteiger charge is 2.30. The lowest BCUT2D eigenvalue weighted by Gasteiger charge is -2.37. The molecule has 1 aliphatic rings. The highest BCUT2D eigenvalue weighted by Crippen LogP contribution is 2.22. The Hall–Kier alpha value is -1.43. The molecule has 2 rings (SSSR count). The van der Waals surface area contributed by atoms with Crippen LogP contribution in [0.4, 0.5) is 0 Å². The van der Waals surface area contributed by atoms with Crippen LogP contribution in [0.1, 0.15) is 24.9 Å². The van der Waals surface area contributed by atoms with Crippen LogP contribution in [0, 0.1) is 0 Å². The molecule has 122 valence electrons. The van der Waals surface area contributed by atoms with Crippen molar-refractivity contribution in [3.05, 3.63) is 42.7 Å². The van der Waals surface area contributed by atoms with E-state index in [4.69, 9.17) is 4.74 Å².